The van der Waals surface area contributed by atoms with Crippen LogP contribution in [0.1, 0.15) is 13.3 Å². The van der Waals surface area contributed by atoms with E-state index in [1.54, 1.807) is 18.2 Å². The van der Waals surface area contributed by atoms with Gasteiger partial charge in [0.15, 0.2) is 0 Å². The summed E-state index contributed by atoms with van der Waals surface area (Å²) in [5, 5.41) is 8.58. The van der Waals surface area contributed by atoms with Gasteiger partial charge in [-0.05, 0) is 24.6 Å². The van der Waals surface area contributed by atoms with Gasteiger partial charge in [0.05, 0.1) is 10.8 Å². The maximum Gasteiger partial charge on any atom is 0.270 e. The number of nitrogens with one attached hydrogen (secondary N) is 3. The minimum atomic E-state index is -0.283. The lowest BCUT2D eigenvalue weighted by molar-refractivity contribution is 0.972. The minimum Gasteiger partial charge on any atom is -0.385 e. The molecular weight excluding hydrogens is 206 g/mol. The third kappa shape index (κ3) is 1.84. The number of anilines is 1. The zero-order chi connectivity index (χ0) is 11.5. The van der Waals surface area contributed by atoms with Gasteiger partial charge in [0.2, 0.25) is 0 Å². The maximum absolute atomic E-state index is 11.5. The van der Waals surface area contributed by atoms with Crippen LogP contribution in [0.4, 0.5) is 5.69 Å². The summed E-state index contributed by atoms with van der Waals surface area (Å²) in [5.74, 6) is 0. The maximum atomic E-state index is 11.5. The molecular formula is C11H13N3O2. The van der Waals surface area contributed by atoms with E-state index in [4.69, 9.17) is 0 Å². The first-order valence-electron chi connectivity index (χ1n) is 5.21. The highest BCUT2D eigenvalue weighted by Crippen LogP contribution is 2.12. The second-order valence-corrected chi connectivity index (χ2v) is 3.60. The van der Waals surface area contributed by atoms with Gasteiger partial charge in [-0.25, -0.2) is 0 Å². The van der Waals surface area contributed by atoms with Crippen molar-refractivity contribution in [3.8, 4) is 0 Å². The molecule has 1 heterocycles. The van der Waals surface area contributed by atoms with Crippen molar-refractivity contribution in [3.63, 3.8) is 0 Å². The Morgan fingerprint density at radius 3 is 2.50 bits per heavy atom. The molecule has 0 amide bonds. The van der Waals surface area contributed by atoms with Gasteiger partial charge in [-0.3, -0.25) is 19.8 Å². The van der Waals surface area contributed by atoms with Crippen molar-refractivity contribution in [2.75, 3.05) is 11.9 Å². The van der Waals surface area contributed by atoms with E-state index < -0.39 is 0 Å². The average molecular weight is 219 g/mol. The quantitative estimate of drug-likeness (QED) is 0.721. The molecule has 5 heteroatoms. The molecule has 0 unspecified atom stereocenters. The lowest BCUT2D eigenvalue weighted by Crippen LogP contribution is -2.19. The van der Waals surface area contributed by atoms with Gasteiger partial charge in [0, 0.05) is 12.2 Å². The second-order valence-electron chi connectivity index (χ2n) is 3.60. The molecule has 3 N–H and O–H groups in total. The Morgan fingerprint density at radius 2 is 1.81 bits per heavy atom. The zero-order valence-corrected chi connectivity index (χ0v) is 8.96. The summed E-state index contributed by atoms with van der Waals surface area (Å²) in [4.78, 5) is 22.9. The average Bonchev–Trinajstić information content (AvgIpc) is 2.31. The normalized spacial score (nSPS) is 10.6. The highest BCUT2D eigenvalue weighted by molar-refractivity contribution is 5.83. The van der Waals surface area contributed by atoms with Gasteiger partial charge < -0.3 is 5.32 Å². The number of rotatable bonds is 3. The Morgan fingerprint density at radius 1 is 1.12 bits per heavy atom. The smallest absolute Gasteiger partial charge is 0.270 e. The van der Waals surface area contributed by atoms with Gasteiger partial charge in [-0.1, -0.05) is 6.92 Å². The van der Waals surface area contributed by atoms with Gasteiger partial charge >= 0.3 is 0 Å². The van der Waals surface area contributed by atoms with E-state index in [0.717, 1.165) is 18.7 Å². The number of aromatic amines is 2. The molecule has 0 aliphatic carbocycles. The Kier molecular flexibility index (Phi) is 2.76. The van der Waals surface area contributed by atoms with Crippen LogP contribution in [0.5, 0.6) is 0 Å². The first-order valence-corrected chi connectivity index (χ1v) is 5.21. The molecule has 0 saturated heterocycles. The molecule has 1 aromatic heterocycles. The van der Waals surface area contributed by atoms with Crippen molar-refractivity contribution in [1.82, 2.24) is 10.2 Å². The summed E-state index contributed by atoms with van der Waals surface area (Å²) >= 11 is 0. The van der Waals surface area contributed by atoms with Crippen LogP contribution in [0, 0.1) is 0 Å². The first-order chi connectivity index (χ1) is 7.72. The van der Waals surface area contributed by atoms with Crippen LogP contribution in [-0.4, -0.2) is 16.7 Å². The third-order valence-electron chi connectivity index (χ3n) is 2.38. The molecule has 0 aliphatic heterocycles. The number of aromatic nitrogens is 2. The highest BCUT2D eigenvalue weighted by Gasteiger charge is 2.03. The molecule has 1 aromatic carbocycles. The third-order valence-corrected chi connectivity index (χ3v) is 2.38. The van der Waals surface area contributed by atoms with E-state index in [1.807, 2.05) is 0 Å². The minimum absolute atomic E-state index is 0.281. The molecule has 84 valence electrons. The Balaban J connectivity index is 2.57. The molecule has 2 aromatic rings. The Bertz CT molecular complexity index is 612. The predicted octanol–water partition coefficient (Wildman–Crippen LogP) is 1.04. The molecule has 16 heavy (non-hydrogen) atoms. The summed E-state index contributed by atoms with van der Waals surface area (Å²) in [5.41, 5.74) is 0.289. The van der Waals surface area contributed by atoms with Crippen molar-refractivity contribution in [2.45, 2.75) is 13.3 Å². The molecule has 2 rings (SSSR count). The van der Waals surface area contributed by atoms with Gasteiger partial charge in [0.1, 0.15) is 0 Å². The molecule has 0 bridgehead atoms. The van der Waals surface area contributed by atoms with E-state index >= 15 is 0 Å². The van der Waals surface area contributed by atoms with Gasteiger partial charge in [-0.2, -0.15) is 0 Å². The van der Waals surface area contributed by atoms with Crippen LogP contribution < -0.4 is 16.4 Å². The molecule has 0 atom stereocenters. The fraction of sp³-hybridized carbons (Fsp3) is 0.273. The number of hydrogen-bond donors (Lipinski definition) is 3. The van der Waals surface area contributed by atoms with Crippen LogP contribution in [0.15, 0.2) is 27.8 Å². The second kappa shape index (κ2) is 4.22. The van der Waals surface area contributed by atoms with E-state index in [-0.39, 0.29) is 11.1 Å². The molecule has 0 saturated carbocycles. The number of benzene rings is 1. The standard InChI is InChI=1S/C11H13N3O2/c1-2-5-12-7-3-4-8-9(6-7)11(16)14-13-10(8)15/h3-4,6,12H,2,5H2,1H3,(H,13,15)(H,14,16). The fourth-order valence-electron chi connectivity index (χ4n) is 1.56. The van der Waals surface area contributed by atoms with Crippen LogP contribution >= 0.6 is 0 Å². The summed E-state index contributed by atoms with van der Waals surface area (Å²) in [6, 6.07) is 5.15. The molecule has 5 nitrogen and oxygen atoms in total. The van der Waals surface area contributed by atoms with E-state index in [1.165, 1.54) is 0 Å². The monoisotopic (exact) mass is 219 g/mol. The van der Waals surface area contributed by atoms with Crippen molar-refractivity contribution in [3.05, 3.63) is 38.9 Å². The van der Waals surface area contributed by atoms with Crippen molar-refractivity contribution >= 4 is 16.5 Å². The van der Waals surface area contributed by atoms with Crippen LogP contribution in [0.2, 0.25) is 0 Å². The summed E-state index contributed by atoms with van der Waals surface area (Å²) in [6.07, 6.45) is 1.00. The number of H-pyrrole nitrogens is 2. The van der Waals surface area contributed by atoms with Crippen LogP contribution in [-0.2, 0) is 0 Å². The van der Waals surface area contributed by atoms with E-state index in [9.17, 15) is 9.59 Å². The van der Waals surface area contributed by atoms with Crippen molar-refractivity contribution in [1.29, 1.82) is 0 Å². The molecule has 0 spiro atoms. The summed E-state index contributed by atoms with van der Waals surface area (Å²) < 4.78 is 0. The summed E-state index contributed by atoms with van der Waals surface area (Å²) in [6.45, 7) is 2.90. The van der Waals surface area contributed by atoms with Crippen LogP contribution in [0.3, 0.4) is 0 Å². The largest absolute Gasteiger partial charge is 0.385 e. The molecule has 0 fully saturated rings. The zero-order valence-electron chi connectivity index (χ0n) is 8.96. The molecule has 0 aliphatic rings. The van der Waals surface area contributed by atoms with Gasteiger partial charge in [0.25, 0.3) is 11.1 Å². The Hall–Kier alpha value is -2.04. The van der Waals surface area contributed by atoms with Crippen molar-refractivity contribution in [2.24, 2.45) is 0 Å². The number of fused-ring (bicyclic) bond motifs is 1. The van der Waals surface area contributed by atoms with Gasteiger partial charge in [-0.15, -0.1) is 0 Å². The van der Waals surface area contributed by atoms with Crippen molar-refractivity contribution < 1.29 is 0 Å². The topological polar surface area (TPSA) is 77.8 Å². The predicted molar refractivity (Wildman–Crippen MR) is 64.0 cm³/mol. The molecule has 0 radical (unpaired) electrons. The first kappa shape index (κ1) is 10.5. The van der Waals surface area contributed by atoms with Crippen LogP contribution in [0.25, 0.3) is 10.8 Å². The summed E-state index contributed by atoms with van der Waals surface area (Å²) in [7, 11) is 0. The lowest BCUT2D eigenvalue weighted by Gasteiger charge is -2.04. The SMILES string of the molecule is CCCNc1ccc2c(=O)[nH][nH]c(=O)c2c1. The van der Waals surface area contributed by atoms with E-state index in [0.29, 0.717) is 10.8 Å². The Labute approximate surface area is 91.5 Å². The number of hydrogen-bond acceptors (Lipinski definition) is 3. The van der Waals surface area contributed by atoms with E-state index in [2.05, 4.69) is 22.4 Å². The fourth-order valence-corrected chi connectivity index (χ4v) is 1.56. The lowest BCUT2D eigenvalue weighted by atomic mass is 10.2. The highest BCUT2D eigenvalue weighted by atomic mass is 16.1.